The van der Waals surface area contributed by atoms with E-state index in [1.54, 1.807) is 0 Å². The molecule has 0 aliphatic carbocycles. The van der Waals surface area contributed by atoms with Gasteiger partial charge in [0.1, 0.15) is 11.4 Å². The summed E-state index contributed by atoms with van der Waals surface area (Å²) in [6.45, 7) is 0.457. The van der Waals surface area contributed by atoms with E-state index in [1.807, 2.05) is 0 Å². The second-order valence-corrected chi connectivity index (χ2v) is 6.05. The fraction of sp³-hybridized carbons (Fsp3) is 0.400. The normalized spacial score (nSPS) is 13.9. The van der Waals surface area contributed by atoms with Crippen LogP contribution in [-0.4, -0.2) is 33.3 Å². The van der Waals surface area contributed by atoms with Gasteiger partial charge in [0.15, 0.2) is 0 Å². The maximum Gasteiger partial charge on any atom is 0.297 e. The number of nitro benzene ring substituents is 1. The lowest BCUT2D eigenvalue weighted by molar-refractivity contribution is -0.384. The summed E-state index contributed by atoms with van der Waals surface area (Å²) in [7, 11) is -2.25. The van der Waals surface area contributed by atoms with Crippen molar-refractivity contribution in [3.63, 3.8) is 0 Å². The van der Waals surface area contributed by atoms with E-state index in [2.05, 4.69) is 0 Å². The number of nitrogens with zero attached hydrogens (tertiary/aromatic N) is 2. The summed E-state index contributed by atoms with van der Waals surface area (Å²) in [5.74, 6) is 0.451. The first kappa shape index (κ1) is 12.6. The fourth-order valence-corrected chi connectivity index (χ4v) is 2.28. The van der Waals surface area contributed by atoms with Crippen LogP contribution in [0.2, 0.25) is 0 Å². The molecule has 1 aliphatic rings. The molecule has 1 aromatic carbocycles. The fourth-order valence-electron chi connectivity index (χ4n) is 1.78. The van der Waals surface area contributed by atoms with Gasteiger partial charge in [-0.25, -0.2) is 8.42 Å². The number of ether oxygens (including phenoxy) is 1. The average Bonchev–Trinajstić information content (AvgIpc) is 2.71. The van der Waals surface area contributed by atoms with Crippen molar-refractivity contribution >= 4 is 21.4 Å². The van der Waals surface area contributed by atoms with Crippen molar-refractivity contribution < 1.29 is 18.1 Å². The lowest BCUT2D eigenvalue weighted by atomic mass is 10.1. The second-order valence-electron chi connectivity index (χ2n) is 4.03. The van der Waals surface area contributed by atoms with Gasteiger partial charge in [0, 0.05) is 19.0 Å². The third-order valence-corrected chi connectivity index (χ3v) is 4.01. The summed E-state index contributed by atoms with van der Waals surface area (Å²) in [5.41, 5.74) is 0.571. The predicted molar refractivity (Wildman–Crippen MR) is 65.5 cm³/mol. The van der Waals surface area contributed by atoms with Gasteiger partial charge in [-0.05, 0) is 6.07 Å². The molecule has 98 valence electrons. The standard InChI is InChI=1S/C10H12N2O5S/c1-11(18(2,15)16)8-5-7-3-4-17-10(7)6-9(8)12(13)14/h5-6H,3-4H2,1-2H3. The smallest absolute Gasteiger partial charge is 0.297 e. The Balaban J connectivity index is 2.62. The molecule has 0 saturated heterocycles. The molecule has 0 unspecified atom stereocenters. The summed E-state index contributed by atoms with van der Waals surface area (Å²) in [5, 5.41) is 11.0. The molecule has 0 saturated carbocycles. The van der Waals surface area contributed by atoms with Crippen LogP contribution >= 0.6 is 0 Å². The summed E-state index contributed by atoms with van der Waals surface area (Å²) in [6.07, 6.45) is 1.62. The predicted octanol–water partition coefficient (Wildman–Crippen LogP) is 0.925. The lowest BCUT2D eigenvalue weighted by Crippen LogP contribution is -2.25. The average molecular weight is 272 g/mol. The van der Waals surface area contributed by atoms with Crippen molar-refractivity contribution in [3.05, 3.63) is 27.8 Å². The molecule has 1 aromatic rings. The molecule has 1 heterocycles. The van der Waals surface area contributed by atoms with Crippen molar-refractivity contribution in [2.24, 2.45) is 0 Å². The highest BCUT2D eigenvalue weighted by molar-refractivity contribution is 7.92. The van der Waals surface area contributed by atoms with Gasteiger partial charge in [-0.1, -0.05) is 0 Å². The van der Waals surface area contributed by atoms with Gasteiger partial charge in [-0.15, -0.1) is 0 Å². The number of hydrogen-bond acceptors (Lipinski definition) is 5. The quantitative estimate of drug-likeness (QED) is 0.603. The van der Waals surface area contributed by atoms with Crippen molar-refractivity contribution in [1.82, 2.24) is 0 Å². The molecule has 0 atom stereocenters. The number of hydrogen-bond donors (Lipinski definition) is 0. The van der Waals surface area contributed by atoms with Crippen LogP contribution in [0.3, 0.4) is 0 Å². The molecule has 8 heteroatoms. The Morgan fingerprint density at radius 1 is 1.44 bits per heavy atom. The molecule has 0 amide bonds. The van der Waals surface area contributed by atoms with Crippen LogP contribution in [0.15, 0.2) is 12.1 Å². The first-order valence-corrected chi connectivity index (χ1v) is 7.03. The SMILES string of the molecule is CN(c1cc2c(cc1[N+](=O)[O-])OCC2)S(C)(=O)=O. The molecule has 0 fully saturated rings. The van der Waals surface area contributed by atoms with Crippen molar-refractivity contribution in [2.75, 3.05) is 24.2 Å². The minimum atomic E-state index is -3.54. The number of nitro groups is 1. The first-order valence-electron chi connectivity index (χ1n) is 5.18. The van der Waals surface area contributed by atoms with E-state index in [0.29, 0.717) is 18.8 Å². The lowest BCUT2D eigenvalue weighted by Gasteiger charge is -2.17. The molecule has 7 nitrogen and oxygen atoms in total. The summed E-state index contributed by atoms with van der Waals surface area (Å²) >= 11 is 0. The van der Waals surface area contributed by atoms with Gasteiger partial charge < -0.3 is 4.74 Å². The first-order chi connectivity index (χ1) is 8.30. The van der Waals surface area contributed by atoms with Gasteiger partial charge in [-0.2, -0.15) is 0 Å². The van der Waals surface area contributed by atoms with Gasteiger partial charge in [-0.3, -0.25) is 14.4 Å². The van der Waals surface area contributed by atoms with Crippen LogP contribution in [0, 0.1) is 10.1 Å². The molecule has 0 aromatic heterocycles. The number of anilines is 1. The second kappa shape index (κ2) is 4.13. The molecule has 0 radical (unpaired) electrons. The number of sulfonamides is 1. The molecule has 18 heavy (non-hydrogen) atoms. The highest BCUT2D eigenvalue weighted by atomic mass is 32.2. The van der Waals surface area contributed by atoms with E-state index in [1.165, 1.54) is 19.2 Å². The molecule has 2 rings (SSSR count). The minimum Gasteiger partial charge on any atom is -0.493 e. The van der Waals surface area contributed by atoms with Crippen LogP contribution in [0.1, 0.15) is 5.56 Å². The molecular weight excluding hydrogens is 260 g/mol. The summed E-state index contributed by atoms with van der Waals surface area (Å²) < 4.78 is 29.1. The van der Waals surface area contributed by atoms with Gasteiger partial charge in [0.2, 0.25) is 10.0 Å². The molecule has 1 aliphatic heterocycles. The largest absolute Gasteiger partial charge is 0.493 e. The van der Waals surface area contributed by atoms with Crippen LogP contribution < -0.4 is 9.04 Å². The van der Waals surface area contributed by atoms with Gasteiger partial charge >= 0.3 is 0 Å². The Bertz CT molecular complexity index is 611. The van der Waals surface area contributed by atoms with E-state index in [0.717, 1.165) is 16.1 Å². The van der Waals surface area contributed by atoms with Gasteiger partial charge in [0.25, 0.3) is 5.69 Å². The Morgan fingerprint density at radius 3 is 2.67 bits per heavy atom. The van der Waals surface area contributed by atoms with Gasteiger partial charge in [0.05, 0.1) is 23.9 Å². The maximum absolute atomic E-state index is 11.5. The van der Waals surface area contributed by atoms with E-state index >= 15 is 0 Å². The molecule has 0 spiro atoms. The van der Waals surface area contributed by atoms with Crippen LogP contribution in [0.4, 0.5) is 11.4 Å². The Labute approximate surface area is 104 Å². The summed E-state index contributed by atoms with van der Waals surface area (Å²) in [6, 6.07) is 2.78. The zero-order valence-electron chi connectivity index (χ0n) is 9.91. The van der Waals surface area contributed by atoms with Crippen molar-refractivity contribution in [2.45, 2.75) is 6.42 Å². The van der Waals surface area contributed by atoms with Crippen molar-refractivity contribution in [3.8, 4) is 5.75 Å². The van der Waals surface area contributed by atoms with E-state index in [9.17, 15) is 18.5 Å². The minimum absolute atomic E-state index is 0.0618. The van der Waals surface area contributed by atoms with E-state index in [4.69, 9.17) is 4.74 Å². The zero-order valence-corrected chi connectivity index (χ0v) is 10.7. The maximum atomic E-state index is 11.5. The third kappa shape index (κ3) is 2.10. The monoisotopic (exact) mass is 272 g/mol. The highest BCUT2D eigenvalue weighted by Gasteiger charge is 2.27. The molecular formula is C10H12N2O5S. The summed E-state index contributed by atoms with van der Waals surface area (Å²) in [4.78, 5) is 10.4. The van der Waals surface area contributed by atoms with Crippen molar-refractivity contribution in [1.29, 1.82) is 0 Å². The zero-order chi connectivity index (χ0) is 13.5. The Hall–Kier alpha value is -1.83. The number of rotatable bonds is 3. The topological polar surface area (TPSA) is 89.8 Å². The number of benzene rings is 1. The van der Waals surface area contributed by atoms with Crippen LogP contribution in [0.5, 0.6) is 5.75 Å². The van der Waals surface area contributed by atoms with Crippen LogP contribution in [0.25, 0.3) is 0 Å². The third-order valence-electron chi connectivity index (χ3n) is 2.82. The van der Waals surface area contributed by atoms with E-state index < -0.39 is 14.9 Å². The Kier molecular flexibility index (Phi) is 2.89. The molecule has 0 N–H and O–H groups in total. The highest BCUT2D eigenvalue weighted by Crippen LogP contribution is 2.38. The van der Waals surface area contributed by atoms with Crippen LogP contribution in [-0.2, 0) is 16.4 Å². The molecule has 0 bridgehead atoms. The van der Waals surface area contributed by atoms with E-state index in [-0.39, 0.29) is 11.4 Å². The number of fused-ring (bicyclic) bond motifs is 1. The Morgan fingerprint density at radius 2 is 2.11 bits per heavy atom.